The third kappa shape index (κ3) is 3.67. The number of nitrogens with zero attached hydrogens (tertiary/aromatic N) is 1. The van der Waals surface area contributed by atoms with Gasteiger partial charge < -0.3 is 10.5 Å². The van der Waals surface area contributed by atoms with E-state index in [1.54, 1.807) is 11.8 Å². The van der Waals surface area contributed by atoms with Crippen molar-refractivity contribution in [2.75, 3.05) is 5.73 Å². The normalized spacial score (nSPS) is 10.8. The van der Waals surface area contributed by atoms with Gasteiger partial charge in [0.05, 0.1) is 11.8 Å². The lowest BCUT2D eigenvalue weighted by Crippen LogP contribution is -2.09. The zero-order chi connectivity index (χ0) is 14.7. The van der Waals surface area contributed by atoms with Crippen molar-refractivity contribution in [1.82, 2.24) is 4.98 Å². The van der Waals surface area contributed by atoms with E-state index >= 15 is 0 Å². The molecular weight excluding hydrogens is 268 g/mol. The Bertz CT molecular complexity index is 611. The van der Waals surface area contributed by atoms with Crippen LogP contribution in [0.1, 0.15) is 25.0 Å². The molecule has 0 unspecified atom stereocenters. The Morgan fingerprint density at radius 2 is 1.90 bits per heavy atom. The zero-order valence-electron chi connectivity index (χ0n) is 12.3. The second-order valence-electron chi connectivity index (χ2n) is 5.08. The van der Waals surface area contributed by atoms with Crippen LogP contribution in [0.3, 0.4) is 0 Å². The first kappa shape index (κ1) is 14.7. The Labute approximate surface area is 124 Å². The topological polar surface area (TPSA) is 48.1 Å². The minimum Gasteiger partial charge on any atom is -0.473 e. The van der Waals surface area contributed by atoms with Gasteiger partial charge >= 0.3 is 0 Å². The van der Waals surface area contributed by atoms with Crippen LogP contribution in [0.2, 0.25) is 0 Å². The molecule has 2 rings (SSSR count). The Morgan fingerprint density at radius 1 is 1.15 bits per heavy atom. The number of rotatable bonds is 4. The summed E-state index contributed by atoms with van der Waals surface area (Å²) in [6.45, 7) is 8.12. The molecule has 20 heavy (non-hydrogen) atoms. The van der Waals surface area contributed by atoms with Gasteiger partial charge in [0.25, 0.3) is 0 Å². The Kier molecular flexibility index (Phi) is 4.55. The van der Waals surface area contributed by atoms with Crippen molar-refractivity contribution in [3.05, 3.63) is 41.5 Å². The highest BCUT2D eigenvalue weighted by Gasteiger charge is 2.09. The molecule has 0 saturated heterocycles. The van der Waals surface area contributed by atoms with Crippen LogP contribution in [0.4, 0.5) is 5.69 Å². The molecule has 0 fully saturated rings. The largest absolute Gasteiger partial charge is 0.473 e. The van der Waals surface area contributed by atoms with E-state index in [9.17, 15) is 0 Å². The maximum atomic E-state index is 5.89. The fourth-order valence-electron chi connectivity index (χ4n) is 1.74. The summed E-state index contributed by atoms with van der Waals surface area (Å²) < 4.78 is 5.63. The van der Waals surface area contributed by atoms with Crippen molar-refractivity contribution in [3.63, 3.8) is 0 Å². The molecule has 4 heteroatoms. The Morgan fingerprint density at radius 3 is 2.60 bits per heavy atom. The molecule has 3 nitrogen and oxygen atoms in total. The molecule has 1 aromatic heterocycles. The van der Waals surface area contributed by atoms with E-state index in [0.717, 1.165) is 5.03 Å². The average Bonchev–Trinajstić information content (AvgIpc) is 2.37. The zero-order valence-corrected chi connectivity index (χ0v) is 13.1. The number of aryl methyl sites for hydroxylation is 2. The number of hydrogen-bond acceptors (Lipinski definition) is 4. The highest BCUT2D eigenvalue weighted by molar-refractivity contribution is 7.99. The van der Waals surface area contributed by atoms with Crippen LogP contribution < -0.4 is 10.5 Å². The maximum absolute atomic E-state index is 5.89. The average molecular weight is 288 g/mol. The second-order valence-corrected chi connectivity index (χ2v) is 6.14. The fourth-order valence-corrected chi connectivity index (χ4v) is 2.70. The van der Waals surface area contributed by atoms with Crippen molar-refractivity contribution in [2.45, 2.75) is 43.7 Å². The van der Waals surface area contributed by atoms with Crippen LogP contribution in [0.5, 0.6) is 5.88 Å². The number of pyridine rings is 1. The summed E-state index contributed by atoms with van der Waals surface area (Å²) in [5.41, 5.74) is 8.95. The summed E-state index contributed by atoms with van der Waals surface area (Å²) in [5.74, 6) is 0.510. The van der Waals surface area contributed by atoms with Crippen molar-refractivity contribution < 1.29 is 4.74 Å². The van der Waals surface area contributed by atoms with E-state index in [2.05, 4.69) is 37.0 Å². The highest BCUT2D eigenvalue weighted by atomic mass is 32.2. The van der Waals surface area contributed by atoms with Gasteiger partial charge in [-0.2, -0.15) is 0 Å². The fraction of sp³-hybridized carbons (Fsp3) is 0.312. The van der Waals surface area contributed by atoms with Crippen LogP contribution in [0, 0.1) is 13.8 Å². The van der Waals surface area contributed by atoms with E-state index in [-0.39, 0.29) is 6.10 Å². The van der Waals surface area contributed by atoms with Gasteiger partial charge in [-0.05, 0) is 57.0 Å². The second kappa shape index (κ2) is 6.18. The van der Waals surface area contributed by atoms with Gasteiger partial charge in [-0.3, -0.25) is 0 Å². The molecule has 0 atom stereocenters. The standard InChI is InChI=1S/C16H20N2OS/c1-10(2)19-16-13(17)7-8-15(18-16)20-14-9-11(3)5-6-12(14)4/h5-10H,17H2,1-4H3. The van der Waals surface area contributed by atoms with Crippen LogP contribution in [-0.4, -0.2) is 11.1 Å². The summed E-state index contributed by atoms with van der Waals surface area (Å²) in [6, 6.07) is 10.2. The highest BCUT2D eigenvalue weighted by Crippen LogP contribution is 2.32. The Balaban J connectivity index is 2.27. The van der Waals surface area contributed by atoms with Gasteiger partial charge in [-0.15, -0.1) is 0 Å². The minimum absolute atomic E-state index is 0.0609. The van der Waals surface area contributed by atoms with Gasteiger partial charge in [0.2, 0.25) is 5.88 Å². The third-order valence-electron chi connectivity index (χ3n) is 2.77. The molecule has 0 spiro atoms. The lowest BCUT2D eigenvalue weighted by atomic mass is 10.2. The van der Waals surface area contributed by atoms with Gasteiger partial charge in [-0.1, -0.05) is 23.9 Å². The molecule has 0 saturated carbocycles. The van der Waals surface area contributed by atoms with E-state index in [0.29, 0.717) is 11.6 Å². The van der Waals surface area contributed by atoms with E-state index in [1.165, 1.54) is 16.0 Å². The number of nitrogens with two attached hydrogens (primary N) is 1. The molecule has 0 radical (unpaired) electrons. The number of ether oxygens (including phenoxy) is 1. The molecule has 2 N–H and O–H groups in total. The van der Waals surface area contributed by atoms with Crippen molar-refractivity contribution in [2.24, 2.45) is 0 Å². The molecule has 0 aliphatic carbocycles. The number of hydrogen-bond donors (Lipinski definition) is 1. The third-order valence-corrected chi connectivity index (χ3v) is 3.87. The van der Waals surface area contributed by atoms with Crippen molar-refractivity contribution in [1.29, 1.82) is 0 Å². The molecule has 1 aromatic carbocycles. The summed E-state index contributed by atoms with van der Waals surface area (Å²) >= 11 is 1.63. The Hall–Kier alpha value is -1.68. The van der Waals surface area contributed by atoms with E-state index < -0.39 is 0 Å². The van der Waals surface area contributed by atoms with Crippen LogP contribution >= 0.6 is 11.8 Å². The number of aromatic nitrogens is 1. The first-order chi connectivity index (χ1) is 9.45. The van der Waals surface area contributed by atoms with Crippen LogP contribution in [0.25, 0.3) is 0 Å². The predicted molar refractivity (Wildman–Crippen MR) is 84.5 cm³/mol. The van der Waals surface area contributed by atoms with E-state index in [4.69, 9.17) is 10.5 Å². The SMILES string of the molecule is Cc1ccc(C)c(Sc2ccc(N)c(OC(C)C)n2)c1. The molecule has 2 aromatic rings. The van der Waals surface area contributed by atoms with Gasteiger partial charge in [0, 0.05) is 4.90 Å². The van der Waals surface area contributed by atoms with Crippen LogP contribution in [0.15, 0.2) is 40.3 Å². The van der Waals surface area contributed by atoms with Crippen molar-refractivity contribution in [3.8, 4) is 5.88 Å². The summed E-state index contributed by atoms with van der Waals surface area (Å²) in [5, 5.41) is 0.892. The van der Waals surface area contributed by atoms with Gasteiger partial charge in [-0.25, -0.2) is 4.98 Å². The van der Waals surface area contributed by atoms with Crippen molar-refractivity contribution >= 4 is 17.4 Å². The smallest absolute Gasteiger partial charge is 0.238 e. The summed E-state index contributed by atoms with van der Waals surface area (Å²) in [7, 11) is 0. The molecule has 1 heterocycles. The van der Waals surface area contributed by atoms with Gasteiger partial charge in [0.1, 0.15) is 5.03 Å². The number of nitrogen functional groups attached to an aromatic ring is 1. The van der Waals surface area contributed by atoms with Crippen LogP contribution in [-0.2, 0) is 0 Å². The maximum Gasteiger partial charge on any atom is 0.238 e. The molecular formula is C16H20N2OS. The lowest BCUT2D eigenvalue weighted by molar-refractivity contribution is 0.232. The first-order valence-corrected chi connectivity index (χ1v) is 7.45. The van der Waals surface area contributed by atoms with E-state index in [1.807, 2.05) is 26.0 Å². The molecule has 106 valence electrons. The molecule has 0 aliphatic heterocycles. The minimum atomic E-state index is 0.0609. The van der Waals surface area contributed by atoms with Gasteiger partial charge in [0.15, 0.2) is 0 Å². The quantitative estimate of drug-likeness (QED) is 0.915. The monoisotopic (exact) mass is 288 g/mol. The summed E-state index contributed by atoms with van der Waals surface area (Å²) in [4.78, 5) is 5.70. The predicted octanol–water partition coefficient (Wildman–Crippen LogP) is 4.22. The lowest BCUT2D eigenvalue weighted by Gasteiger charge is -2.12. The number of anilines is 1. The molecule has 0 bridgehead atoms. The molecule has 0 amide bonds. The number of benzene rings is 1. The first-order valence-electron chi connectivity index (χ1n) is 6.64. The molecule has 0 aliphatic rings. The summed E-state index contributed by atoms with van der Waals surface area (Å²) in [6.07, 6.45) is 0.0609.